The Bertz CT molecular complexity index is 745. The van der Waals surface area contributed by atoms with Crippen LogP contribution in [0.5, 0.6) is 0 Å². The van der Waals surface area contributed by atoms with Crippen molar-refractivity contribution in [3.05, 3.63) is 54.4 Å². The van der Waals surface area contributed by atoms with Gasteiger partial charge in [0.2, 0.25) is 5.91 Å². The molecular weight excluding hydrogens is 322 g/mol. The Balaban J connectivity index is 1.48. The highest BCUT2D eigenvalue weighted by molar-refractivity contribution is 6.05. The van der Waals surface area contributed by atoms with Gasteiger partial charge in [-0.15, -0.1) is 0 Å². The monoisotopic (exact) mass is 341 g/mol. The van der Waals surface area contributed by atoms with Crippen molar-refractivity contribution in [3.8, 4) is 0 Å². The number of nitrogens with one attached hydrogen (secondary N) is 2. The molecule has 8 nitrogen and oxygen atoms in total. The third-order valence-corrected chi connectivity index (χ3v) is 3.90. The largest absolute Gasteiger partial charge is 0.354 e. The maximum Gasteiger partial charge on any atom is 0.325 e. The summed E-state index contributed by atoms with van der Waals surface area (Å²) in [4.78, 5) is 37.5. The zero-order valence-electron chi connectivity index (χ0n) is 13.6. The van der Waals surface area contributed by atoms with Gasteiger partial charge >= 0.3 is 6.03 Å². The minimum absolute atomic E-state index is 0.0744. The SMILES string of the molecule is O=C(CC1NC(=O)N(Cc2ccccc2)C1=O)NCCn1cccn1. The van der Waals surface area contributed by atoms with Gasteiger partial charge < -0.3 is 10.6 Å². The van der Waals surface area contributed by atoms with Crippen LogP contribution in [0.25, 0.3) is 0 Å². The van der Waals surface area contributed by atoms with Crippen molar-refractivity contribution in [1.82, 2.24) is 25.3 Å². The second kappa shape index (κ2) is 7.61. The highest BCUT2D eigenvalue weighted by Gasteiger charge is 2.38. The van der Waals surface area contributed by atoms with Crippen LogP contribution in [0, 0.1) is 0 Å². The predicted molar refractivity (Wildman–Crippen MR) is 89.2 cm³/mol. The number of imide groups is 1. The molecule has 1 aromatic heterocycles. The first kappa shape index (κ1) is 16.7. The molecule has 1 atom stereocenters. The van der Waals surface area contributed by atoms with E-state index >= 15 is 0 Å². The Hall–Kier alpha value is -3.16. The van der Waals surface area contributed by atoms with E-state index in [0.717, 1.165) is 10.5 Å². The first-order chi connectivity index (χ1) is 12.1. The summed E-state index contributed by atoms with van der Waals surface area (Å²) in [6.07, 6.45) is 3.39. The molecule has 0 bridgehead atoms. The van der Waals surface area contributed by atoms with Crippen molar-refractivity contribution in [2.24, 2.45) is 0 Å². The number of nitrogens with zero attached hydrogens (tertiary/aromatic N) is 3. The molecule has 2 heterocycles. The number of hydrogen-bond donors (Lipinski definition) is 2. The van der Waals surface area contributed by atoms with E-state index in [2.05, 4.69) is 15.7 Å². The van der Waals surface area contributed by atoms with Crippen LogP contribution in [0.3, 0.4) is 0 Å². The lowest BCUT2D eigenvalue weighted by atomic mass is 10.2. The van der Waals surface area contributed by atoms with Gasteiger partial charge in [0.15, 0.2) is 0 Å². The van der Waals surface area contributed by atoms with Gasteiger partial charge in [-0.3, -0.25) is 19.2 Å². The molecule has 0 saturated carbocycles. The van der Waals surface area contributed by atoms with Gasteiger partial charge in [-0.2, -0.15) is 5.10 Å². The minimum Gasteiger partial charge on any atom is -0.354 e. The topological polar surface area (TPSA) is 96.3 Å². The van der Waals surface area contributed by atoms with Gasteiger partial charge in [0.1, 0.15) is 6.04 Å². The van der Waals surface area contributed by atoms with Crippen molar-refractivity contribution in [3.63, 3.8) is 0 Å². The number of hydrogen-bond acceptors (Lipinski definition) is 4. The lowest BCUT2D eigenvalue weighted by molar-refractivity contribution is -0.131. The van der Waals surface area contributed by atoms with Gasteiger partial charge in [0, 0.05) is 18.9 Å². The summed E-state index contributed by atoms with van der Waals surface area (Å²) in [7, 11) is 0. The number of rotatable bonds is 7. The molecule has 1 aliphatic heterocycles. The minimum atomic E-state index is -0.819. The van der Waals surface area contributed by atoms with Crippen molar-refractivity contribution >= 4 is 17.8 Å². The third-order valence-electron chi connectivity index (χ3n) is 3.90. The molecule has 0 radical (unpaired) electrons. The van der Waals surface area contributed by atoms with E-state index in [-0.39, 0.29) is 24.8 Å². The van der Waals surface area contributed by atoms with E-state index < -0.39 is 12.1 Å². The van der Waals surface area contributed by atoms with Crippen molar-refractivity contribution in [2.45, 2.75) is 25.6 Å². The number of carbonyl (C=O) groups is 3. The molecule has 8 heteroatoms. The molecule has 0 aliphatic carbocycles. The zero-order valence-corrected chi connectivity index (χ0v) is 13.6. The Labute approximate surface area is 144 Å². The number of aromatic nitrogens is 2. The average Bonchev–Trinajstić information content (AvgIpc) is 3.20. The summed E-state index contributed by atoms with van der Waals surface area (Å²) in [6, 6.07) is 9.76. The number of amides is 4. The van der Waals surface area contributed by atoms with E-state index in [1.165, 1.54) is 0 Å². The van der Waals surface area contributed by atoms with Crippen LogP contribution in [0.1, 0.15) is 12.0 Å². The van der Waals surface area contributed by atoms with E-state index in [4.69, 9.17) is 0 Å². The van der Waals surface area contributed by atoms with Gasteiger partial charge in [0.05, 0.1) is 19.5 Å². The normalized spacial score (nSPS) is 16.8. The quantitative estimate of drug-likeness (QED) is 0.717. The molecular formula is C17H19N5O3. The first-order valence-electron chi connectivity index (χ1n) is 8.03. The summed E-state index contributed by atoms with van der Waals surface area (Å²) in [5.41, 5.74) is 0.857. The molecule has 130 valence electrons. The van der Waals surface area contributed by atoms with E-state index in [9.17, 15) is 14.4 Å². The number of benzene rings is 1. The van der Waals surface area contributed by atoms with Crippen LogP contribution < -0.4 is 10.6 Å². The van der Waals surface area contributed by atoms with Gasteiger partial charge in [-0.25, -0.2) is 4.79 Å². The van der Waals surface area contributed by atoms with Crippen LogP contribution in [0.2, 0.25) is 0 Å². The van der Waals surface area contributed by atoms with Crippen molar-refractivity contribution in [2.75, 3.05) is 6.54 Å². The summed E-state index contributed by atoms with van der Waals surface area (Å²) in [5, 5.41) is 9.33. The fourth-order valence-corrected chi connectivity index (χ4v) is 2.63. The summed E-state index contributed by atoms with van der Waals surface area (Å²) in [6.45, 7) is 1.15. The van der Waals surface area contributed by atoms with Gasteiger partial charge in [-0.1, -0.05) is 30.3 Å². The molecule has 1 aromatic carbocycles. The maximum absolute atomic E-state index is 12.4. The maximum atomic E-state index is 12.4. The van der Waals surface area contributed by atoms with Gasteiger partial charge in [0.25, 0.3) is 5.91 Å². The zero-order chi connectivity index (χ0) is 17.6. The summed E-state index contributed by atoms with van der Waals surface area (Å²) < 4.78 is 1.70. The van der Waals surface area contributed by atoms with E-state index in [1.807, 2.05) is 30.3 Å². The van der Waals surface area contributed by atoms with Crippen LogP contribution in [-0.4, -0.2) is 45.1 Å². The molecule has 1 unspecified atom stereocenters. The molecule has 1 aliphatic rings. The Morgan fingerprint density at radius 3 is 2.72 bits per heavy atom. The average molecular weight is 341 g/mol. The van der Waals surface area contributed by atoms with E-state index in [1.54, 1.807) is 23.1 Å². The molecule has 1 fully saturated rings. The predicted octanol–water partition coefficient (Wildman–Crippen LogP) is 0.510. The Morgan fingerprint density at radius 2 is 2.00 bits per heavy atom. The molecule has 0 spiro atoms. The lowest BCUT2D eigenvalue weighted by Crippen LogP contribution is -2.37. The van der Waals surface area contributed by atoms with Crippen LogP contribution in [0.15, 0.2) is 48.8 Å². The standard InChI is InChI=1S/C17H19N5O3/c23-15(18-8-10-21-9-4-7-19-21)11-14-16(24)22(17(25)20-14)12-13-5-2-1-3-6-13/h1-7,9,14H,8,10-12H2,(H,18,23)(H,20,25). The summed E-state index contributed by atoms with van der Waals surface area (Å²) in [5.74, 6) is -0.663. The molecule has 1 saturated heterocycles. The highest BCUT2D eigenvalue weighted by Crippen LogP contribution is 2.13. The first-order valence-corrected chi connectivity index (χ1v) is 8.03. The molecule has 25 heavy (non-hydrogen) atoms. The second-order valence-corrected chi connectivity index (χ2v) is 5.74. The molecule has 2 aromatic rings. The number of urea groups is 1. The van der Waals surface area contributed by atoms with E-state index in [0.29, 0.717) is 13.1 Å². The lowest BCUT2D eigenvalue weighted by Gasteiger charge is -2.13. The second-order valence-electron chi connectivity index (χ2n) is 5.74. The number of carbonyl (C=O) groups excluding carboxylic acids is 3. The smallest absolute Gasteiger partial charge is 0.325 e. The van der Waals surface area contributed by atoms with Crippen molar-refractivity contribution in [1.29, 1.82) is 0 Å². The van der Waals surface area contributed by atoms with Gasteiger partial charge in [-0.05, 0) is 11.6 Å². The Kier molecular flexibility index (Phi) is 5.08. The van der Waals surface area contributed by atoms with Crippen LogP contribution >= 0.6 is 0 Å². The third kappa shape index (κ3) is 4.23. The van der Waals surface area contributed by atoms with Crippen molar-refractivity contribution < 1.29 is 14.4 Å². The van der Waals surface area contributed by atoms with Crippen LogP contribution in [0.4, 0.5) is 4.79 Å². The molecule has 3 rings (SSSR count). The fourth-order valence-electron chi connectivity index (χ4n) is 2.63. The highest BCUT2D eigenvalue weighted by atomic mass is 16.2. The van der Waals surface area contributed by atoms with Crippen LogP contribution in [-0.2, 0) is 22.7 Å². The summed E-state index contributed by atoms with van der Waals surface area (Å²) >= 11 is 0. The molecule has 4 amide bonds. The molecule has 2 N–H and O–H groups in total. The fraction of sp³-hybridized carbons (Fsp3) is 0.294. The Morgan fingerprint density at radius 1 is 1.20 bits per heavy atom.